The van der Waals surface area contributed by atoms with Crippen LogP contribution in [0.3, 0.4) is 0 Å². The molecule has 0 atom stereocenters. The molecule has 0 aliphatic rings. The second kappa shape index (κ2) is 4.23. The van der Waals surface area contributed by atoms with Crippen LogP contribution in [0.5, 0.6) is 0 Å². The van der Waals surface area contributed by atoms with Crippen LogP contribution in [0.15, 0.2) is 36.8 Å². The maximum atomic E-state index is 5.59. The van der Waals surface area contributed by atoms with E-state index in [1.807, 2.05) is 12.3 Å². The lowest BCUT2D eigenvalue weighted by atomic mass is 10.1. The van der Waals surface area contributed by atoms with Gasteiger partial charge < -0.3 is 10.7 Å². The van der Waals surface area contributed by atoms with E-state index in [1.165, 1.54) is 10.9 Å². The van der Waals surface area contributed by atoms with Crippen molar-refractivity contribution in [2.75, 3.05) is 0 Å². The smallest absolute Gasteiger partial charge is 0.0889 e. The molecule has 0 unspecified atom stereocenters. The van der Waals surface area contributed by atoms with E-state index in [2.05, 4.69) is 34.0 Å². The molecule has 0 bridgehead atoms. The normalized spacial score (nSPS) is 11.0. The van der Waals surface area contributed by atoms with Gasteiger partial charge in [-0.1, -0.05) is 6.07 Å². The van der Waals surface area contributed by atoms with Crippen molar-refractivity contribution in [3.63, 3.8) is 0 Å². The topological polar surface area (TPSA) is 67.6 Å². The molecule has 90 valence electrons. The lowest BCUT2D eigenvalue weighted by Crippen LogP contribution is -2.01. The highest BCUT2D eigenvalue weighted by Crippen LogP contribution is 2.24. The lowest BCUT2D eigenvalue weighted by molar-refractivity contribution is 0.967. The number of benzene rings is 1. The number of aromatic nitrogens is 3. The number of fused-ring (bicyclic) bond motifs is 1. The van der Waals surface area contributed by atoms with E-state index in [1.54, 1.807) is 12.4 Å². The minimum absolute atomic E-state index is 0.409. The van der Waals surface area contributed by atoms with Crippen molar-refractivity contribution in [1.82, 2.24) is 15.0 Å². The standard InChI is InChI=1S/C14H14N4/c1-9-6-17-13-3-2-10(4-12(9)13)14-8-16-7-11(5-15)18-14/h2-4,6-8,17H,5,15H2,1H3. The molecular formula is C14H14N4. The van der Waals surface area contributed by atoms with Crippen LogP contribution in [0.1, 0.15) is 11.3 Å². The van der Waals surface area contributed by atoms with Crippen LogP contribution in [-0.4, -0.2) is 15.0 Å². The molecule has 0 saturated heterocycles. The van der Waals surface area contributed by atoms with Crippen LogP contribution in [0.25, 0.3) is 22.2 Å². The molecule has 3 aromatic rings. The van der Waals surface area contributed by atoms with E-state index in [0.29, 0.717) is 6.54 Å². The van der Waals surface area contributed by atoms with Crippen molar-refractivity contribution >= 4 is 10.9 Å². The van der Waals surface area contributed by atoms with Gasteiger partial charge in [-0.15, -0.1) is 0 Å². The Balaban J connectivity index is 2.15. The summed E-state index contributed by atoms with van der Waals surface area (Å²) in [4.78, 5) is 11.9. The first kappa shape index (κ1) is 10.9. The maximum Gasteiger partial charge on any atom is 0.0889 e. The number of hydrogen-bond acceptors (Lipinski definition) is 3. The van der Waals surface area contributed by atoms with Gasteiger partial charge in [0.15, 0.2) is 0 Å². The molecule has 4 nitrogen and oxygen atoms in total. The SMILES string of the molecule is Cc1c[nH]c2ccc(-c3cncc(CN)n3)cc12. The Labute approximate surface area is 105 Å². The van der Waals surface area contributed by atoms with Gasteiger partial charge in [-0.3, -0.25) is 4.98 Å². The Bertz CT molecular complexity index is 700. The van der Waals surface area contributed by atoms with Crippen molar-refractivity contribution in [1.29, 1.82) is 0 Å². The number of nitrogens with two attached hydrogens (primary N) is 1. The first-order chi connectivity index (χ1) is 8.78. The number of aromatic amines is 1. The number of H-pyrrole nitrogens is 1. The van der Waals surface area contributed by atoms with Gasteiger partial charge in [0.05, 0.1) is 17.6 Å². The van der Waals surface area contributed by atoms with Crippen molar-refractivity contribution < 1.29 is 0 Å². The van der Waals surface area contributed by atoms with E-state index < -0.39 is 0 Å². The monoisotopic (exact) mass is 238 g/mol. The molecule has 3 N–H and O–H groups in total. The van der Waals surface area contributed by atoms with Crippen LogP contribution < -0.4 is 5.73 Å². The van der Waals surface area contributed by atoms with Crippen molar-refractivity contribution in [3.05, 3.63) is 48.0 Å². The van der Waals surface area contributed by atoms with Crippen LogP contribution in [0, 0.1) is 6.92 Å². The van der Waals surface area contributed by atoms with Gasteiger partial charge in [0.1, 0.15) is 0 Å². The highest BCUT2D eigenvalue weighted by Gasteiger charge is 2.05. The average Bonchev–Trinajstić information content (AvgIpc) is 2.80. The molecule has 0 spiro atoms. The van der Waals surface area contributed by atoms with E-state index in [0.717, 1.165) is 22.5 Å². The summed E-state index contributed by atoms with van der Waals surface area (Å²) in [5.41, 5.74) is 10.7. The minimum Gasteiger partial charge on any atom is -0.361 e. The van der Waals surface area contributed by atoms with Gasteiger partial charge in [0.2, 0.25) is 0 Å². The highest BCUT2D eigenvalue weighted by atomic mass is 14.8. The van der Waals surface area contributed by atoms with Gasteiger partial charge in [-0.25, -0.2) is 4.98 Å². The van der Waals surface area contributed by atoms with E-state index >= 15 is 0 Å². The molecule has 0 radical (unpaired) electrons. The third kappa shape index (κ3) is 1.76. The predicted octanol–water partition coefficient (Wildman–Crippen LogP) is 2.39. The maximum absolute atomic E-state index is 5.59. The fraction of sp³-hybridized carbons (Fsp3) is 0.143. The number of nitrogens with one attached hydrogen (secondary N) is 1. The zero-order chi connectivity index (χ0) is 12.5. The summed E-state index contributed by atoms with van der Waals surface area (Å²) >= 11 is 0. The molecule has 0 fully saturated rings. The van der Waals surface area contributed by atoms with E-state index in [9.17, 15) is 0 Å². The van der Waals surface area contributed by atoms with E-state index in [4.69, 9.17) is 5.73 Å². The zero-order valence-electron chi connectivity index (χ0n) is 10.1. The first-order valence-corrected chi connectivity index (χ1v) is 5.87. The van der Waals surface area contributed by atoms with Gasteiger partial charge in [-0.2, -0.15) is 0 Å². The second-order valence-electron chi connectivity index (χ2n) is 4.33. The number of rotatable bonds is 2. The molecule has 4 heteroatoms. The summed E-state index contributed by atoms with van der Waals surface area (Å²) in [6, 6.07) is 6.24. The molecule has 18 heavy (non-hydrogen) atoms. The molecule has 2 aromatic heterocycles. The summed E-state index contributed by atoms with van der Waals surface area (Å²) in [5, 5.41) is 1.22. The number of hydrogen-bond donors (Lipinski definition) is 2. The van der Waals surface area contributed by atoms with Gasteiger partial charge in [0, 0.05) is 35.4 Å². The number of aryl methyl sites for hydroxylation is 1. The summed E-state index contributed by atoms with van der Waals surface area (Å²) in [6.07, 6.45) is 5.47. The summed E-state index contributed by atoms with van der Waals surface area (Å²) in [5.74, 6) is 0. The average molecular weight is 238 g/mol. The number of nitrogens with zero attached hydrogens (tertiary/aromatic N) is 2. The molecule has 3 rings (SSSR count). The largest absolute Gasteiger partial charge is 0.361 e. The van der Waals surface area contributed by atoms with Crippen LogP contribution >= 0.6 is 0 Å². The van der Waals surface area contributed by atoms with Gasteiger partial charge in [0.25, 0.3) is 0 Å². The fourth-order valence-electron chi connectivity index (χ4n) is 2.06. The molecule has 0 aliphatic carbocycles. The first-order valence-electron chi connectivity index (χ1n) is 5.87. The van der Waals surface area contributed by atoms with Crippen LogP contribution in [0.4, 0.5) is 0 Å². The van der Waals surface area contributed by atoms with E-state index in [-0.39, 0.29) is 0 Å². The molecule has 2 heterocycles. The Morgan fingerprint density at radius 1 is 1.28 bits per heavy atom. The summed E-state index contributed by atoms with van der Waals surface area (Å²) in [7, 11) is 0. The molecule has 0 amide bonds. The third-order valence-electron chi connectivity index (χ3n) is 3.08. The van der Waals surface area contributed by atoms with Crippen LogP contribution in [-0.2, 0) is 6.54 Å². The Morgan fingerprint density at radius 2 is 2.17 bits per heavy atom. The molecule has 0 saturated carbocycles. The molecular weight excluding hydrogens is 224 g/mol. The lowest BCUT2D eigenvalue weighted by Gasteiger charge is -2.03. The van der Waals surface area contributed by atoms with Crippen molar-refractivity contribution in [2.45, 2.75) is 13.5 Å². The predicted molar refractivity (Wildman–Crippen MR) is 72.0 cm³/mol. The Morgan fingerprint density at radius 3 is 3.00 bits per heavy atom. The van der Waals surface area contributed by atoms with Crippen molar-refractivity contribution in [2.24, 2.45) is 5.73 Å². The minimum atomic E-state index is 0.409. The summed E-state index contributed by atoms with van der Waals surface area (Å²) < 4.78 is 0. The van der Waals surface area contributed by atoms with Crippen LogP contribution in [0.2, 0.25) is 0 Å². The Kier molecular flexibility index (Phi) is 2.57. The summed E-state index contributed by atoms with van der Waals surface area (Å²) in [6.45, 7) is 2.50. The van der Waals surface area contributed by atoms with Gasteiger partial charge >= 0.3 is 0 Å². The molecule has 1 aromatic carbocycles. The highest BCUT2D eigenvalue weighted by molar-refractivity contribution is 5.87. The molecule has 0 aliphatic heterocycles. The zero-order valence-corrected chi connectivity index (χ0v) is 10.1. The second-order valence-corrected chi connectivity index (χ2v) is 4.33. The van der Waals surface area contributed by atoms with Gasteiger partial charge in [-0.05, 0) is 24.6 Å². The third-order valence-corrected chi connectivity index (χ3v) is 3.08. The quantitative estimate of drug-likeness (QED) is 0.720. The Hall–Kier alpha value is -2.20. The van der Waals surface area contributed by atoms with Crippen molar-refractivity contribution in [3.8, 4) is 11.3 Å². The fourth-order valence-corrected chi connectivity index (χ4v) is 2.06.